The quantitative estimate of drug-likeness (QED) is 0.405. The normalized spacial score (nSPS) is 23.4. The lowest BCUT2D eigenvalue weighted by Gasteiger charge is -2.32. The highest BCUT2D eigenvalue weighted by Crippen LogP contribution is 2.20. The maximum atomic E-state index is 11.5. The van der Waals surface area contributed by atoms with Gasteiger partial charge in [0.05, 0.1) is 6.26 Å². The molecule has 6 nitrogen and oxygen atoms in total. The molecule has 2 N–H and O–H groups in total. The first kappa shape index (κ1) is 20.0. The van der Waals surface area contributed by atoms with Gasteiger partial charge >= 0.3 is 0 Å². The first-order valence-electron chi connectivity index (χ1n) is 7.86. The van der Waals surface area contributed by atoms with Crippen LogP contribution in [0.5, 0.6) is 0 Å². The molecule has 8 heteroatoms. The Morgan fingerprint density at radius 2 is 1.68 bits per heavy atom. The number of piperidine rings is 2. The summed E-state index contributed by atoms with van der Waals surface area (Å²) in [6.07, 6.45) is 5.40. The molecule has 0 aromatic carbocycles. The van der Waals surface area contributed by atoms with Crippen LogP contribution in [0.1, 0.15) is 32.6 Å². The molecule has 2 aliphatic rings. The summed E-state index contributed by atoms with van der Waals surface area (Å²) in [4.78, 5) is 6.71. The Labute approximate surface area is 151 Å². The molecule has 2 rings (SSSR count). The first-order chi connectivity index (χ1) is 9.86. The van der Waals surface area contributed by atoms with Crippen LogP contribution in [0.2, 0.25) is 0 Å². The smallest absolute Gasteiger partial charge is 0.211 e. The Bertz CT molecular complexity index is 467. The van der Waals surface area contributed by atoms with Gasteiger partial charge in [-0.05, 0) is 37.5 Å². The van der Waals surface area contributed by atoms with Crippen molar-refractivity contribution in [2.24, 2.45) is 22.6 Å². The van der Waals surface area contributed by atoms with Crippen molar-refractivity contribution in [3.63, 3.8) is 0 Å². The van der Waals surface area contributed by atoms with Gasteiger partial charge in [-0.15, -0.1) is 24.0 Å². The summed E-state index contributed by atoms with van der Waals surface area (Å²) in [6.45, 7) is 6.22. The minimum absolute atomic E-state index is 0. The second kappa shape index (κ2) is 8.68. The van der Waals surface area contributed by atoms with Gasteiger partial charge < -0.3 is 10.6 Å². The molecular weight excluding hydrogens is 415 g/mol. The average Bonchev–Trinajstić information content (AvgIpc) is 2.45. The van der Waals surface area contributed by atoms with Crippen LogP contribution in [0.15, 0.2) is 4.99 Å². The van der Waals surface area contributed by atoms with Gasteiger partial charge in [0.2, 0.25) is 10.0 Å². The van der Waals surface area contributed by atoms with Crippen LogP contribution in [0, 0.1) is 11.8 Å². The van der Waals surface area contributed by atoms with Crippen molar-refractivity contribution in [1.29, 1.82) is 0 Å². The second-order valence-corrected chi connectivity index (χ2v) is 8.46. The van der Waals surface area contributed by atoms with Crippen LogP contribution in [0.3, 0.4) is 0 Å². The summed E-state index contributed by atoms with van der Waals surface area (Å²) in [5, 5.41) is 0. The summed E-state index contributed by atoms with van der Waals surface area (Å²) in [5.74, 6) is 1.90. The number of aliphatic imine (C=N–C) groups is 1. The molecule has 0 atom stereocenters. The minimum Gasteiger partial charge on any atom is -0.370 e. The van der Waals surface area contributed by atoms with Crippen LogP contribution in [0.4, 0.5) is 0 Å². The van der Waals surface area contributed by atoms with E-state index in [1.807, 2.05) is 0 Å². The molecule has 0 unspecified atom stereocenters. The molecule has 0 saturated carbocycles. The molecule has 0 amide bonds. The zero-order valence-corrected chi connectivity index (χ0v) is 16.7. The highest BCUT2D eigenvalue weighted by Gasteiger charge is 2.25. The number of sulfonamides is 1. The van der Waals surface area contributed by atoms with Crippen LogP contribution >= 0.6 is 24.0 Å². The molecule has 0 spiro atoms. The van der Waals surface area contributed by atoms with Crippen LogP contribution < -0.4 is 5.73 Å². The zero-order chi connectivity index (χ0) is 15.5. The largest absolute Gasteiger partial charge is 0.370 e. The van der Waals surface area contributed by atoms with Gasteiger partial charge in [0.1, 0.15) is 0 Å². The molecule has 2 aliphatic heterocycles. The van der Waals surface area contributed by atoms with E-state index in [-0.39, 0.29) is 24.0 Å². The predicted octanol–water partition coefficient (Wildman–Crippen LogP) is 1.32. The van der Waals surface area contributed by atoms with E-state index >= 15 is 0 Å². The number of nitrogens with two attached hydrogens (primary N) is 1. The zero-order valence-electron chi connectivity index (χ0n) is 13.6. The lowest BCUT2D eigenvalue weighted by Crippen LogP contribution is -2.43. The Morgan fingerprint density at radius 3 is 2.18 bits per heavy atom. The van der Waals surface area contributed by atoms with Gasteiger partial charge in [-0.3, -0.25) is 4.99 Å². The molecule has 0 radical (unpaired) electrons. The third-order valence-electron chi connectivity index (χ3n) is 4.66. The summed E-state index contributed by atoms with van der Waals surface area (Å²) in [7, 11) is -3.04. The fraction of sp³-hybridized carbons (Fsp3) is 0.929. The summed E-state index contributed by atoms with van der Waals surface area (Å²) >= 11 is 0. The lowest BCUT2D eigenvalue weighted by molar-refractivity contribution is 0.269. The van der Waals surface area contributed by atoms with E-state index < -0.39 is 10.0 Å². The molecule has 2 fully saturated rings. The minimum atomic E-state index is -3.04. The SMILES string of the molecule is CC1CCN(C(N)=NCC2CCN(S(C)(=O)=O)CC2)CC1.I. The van der Waals surface area contributed by atoms with Gasteiger partial charge in [0.25, 0.3) is 0 Å². The average molecular weight is 444 g/mol. The number of likely N-dealkylation sites (tertiary alicyclic amines) is 1. The number of guanidine groups is 1. The number of nitrogens with zero attached hydrogens (tertiary/aromatic N) is 3. The molecule has 0 bridgehead atoms. The van der Waals surface area contributed by atoms with E-state index in [2.05, 4.69) is 16.8 Å². The molecular formula is C14H29IN4O2S. The van der Waals surface area contributed by atoms with Gasteiger partial charge in [-0.2, -0.15) is 0 Å². The van der Waals surface area contributed by atoms with Crippen LogP contribution in [-0.2, 0) is 10.0 Å². The molecule has 0 aliphatic carbocycles. The fourth-order valence-corrected chi connectivity index (χ4v) is 3.86. The Hall–Kier alpha value is -0.0900. The van der Waals surface area contributed by atoms with Crippen molar-refractivity contribution in [2.75, 3.05) is 39.0 Å². The van der Waals surface area contributed by atoms with E-state index in [0.717, 1.165) is 38.4 Å². The third-order valence-corrected chi connectivity index (χ3v) is 5.96. The third kappa shape index (κ3) is 5.84. The van der Waals surface area contributed by atoms with Crippen LogP contribution in [-0.4, -0.2) is 62.6 Å². The fourth-order valence-electron chi connectivity index (χ4n) is 2.98. The van der Waals surface area contributed by atoms with Crippen molar-refractivity contribution in [2.45, 2.75) is 32.6 Å². The Kier molecular flexibility index (Phi) is 7.87. The van der Waals surface area contributed by atoms with Crippen molar-refractivity contribution >= 4 is 40.0 Å². The first-order valence-corrected chi connectivity index (χ1v) is 9.71. The highest BCUT2D eigenvalue weighted by molar-refractivity contribution is 14.0. The maximum Gasteiger partial charge on any atom is 0.211 e. The van der Waals surface area contributed by atoms with Gasteiger partial charge in [-0.1, -0.05) is 6.92 Å². The van der Waals surface area contributed by atoms with E-state index in [9.17, 15) is 8.42 Å². The summed E-state index contributed by atoms with van der Waals surface area (Å²) < 4.78 is 24.5. The highest BCUT2D eigenvalue weighted by atomic mass is 127. The van der Waals surface area contributed by atoms with Crippen molar-refractivity contribution in [3.8, 4) is 0 Å². The van der Waals surface area contributed by atoms with E-state index in [1.165, 1.54) is 19.1 Å². The van der Waals surface area contributed by atoms with Gasteiger partial charge in [0, 0.05) is 32.7 Å². The Balaban J connectivity index is 0.00000242. The molecule has 2 saturated heterocycles. The van der Waals surface area contributed by atoms with Crippen molar-refractivity contribution in [3.05, 3.63) is 0 Å². The second-order valence-electron chi connectivity index (χ2n) is 6.47. The number of rotatable bonds is 3. The number of hydrogen-bond acceptors (Lipinski definition) is 3. The predicted molar refractivity (Wildman–Crippen MR) is 101 cm³/mol. The maximum absolute atomic E-state index is 11.5. The Morgan fingerprint density at radius 1 is 1.14 bits per heavy atom. The van der Waals surface area contributed by atoms with E-state index in [1.54, 1.807) is 4.31 Å². The molecule has 2 heterocycles. The van der Waals surface area contributed by atoms with Crippen LogP contribution in [0.25, 0.3) is 0 Å². The number of halogens is 1. The van der Waals surface area contributed by atoms with E-state index in [4.69, 9.17) is 5.73 Å². The molecule has 130 valence electrons. The molecule has 0 aromatic heterocycles. The lowest BCUT2D eigenvalue weighted by atomic mass is 9.98. The monoisotopic (exact) mass is 444 g/mol. The summed E-state index contributed by atoms with van der Waals surface area (Å²) in [6, 6.07) is 0. The van der Waals surface area contributed by atoms with Gasteiger partial charge in [0.15, 0.2) is 5.96 Å². The summed E-state index contributed by atoms with van der Waals surface area (Å²) in [5.41, 5.74) is 6.08. The van der Waals surface area contributed by atoms with Crippen molar-refractivity contribution < 1.29 is 8.42 Å². The number of hydrogen-bond donors (Lipinski definition) is 1. The van der Waals surface area contributed by atoms with Gasteiger partial charge in [-0.25, -0.2) is 12.7 Å². The molecule has 0 aromatic rings. The topological polar surface area (TPSA) is 79.0 Å². The molecule has 22 heavy (non-hydrogen) atoms. The van der Waals surface area contributed by atoms with E-state index in [0.29, 0.717) is 25.0 Å². The van der Waals surface area contributed by atoms with Crippen molar-refractivity contribution in [1.82, 2.24) is 9.21 Å². The standard InChI is InChI=1S/C14H28N4O2S.HI/c1-12-3-7-17(8-4-12)14(15)16-11-13-5-9-18(10-6-13)21(2,19)20;/h12-13H,3-11H2,1-2H3,(H2,15,16);1H.